The van der Waals surface area contributed by atoms with Gasteiger partial charge in [0.05, 0.1) is 0 Å². The van der Waals surface area contributed by atoms with Gasteiger partial charge in [0.25, 0.3) is 0 Å². The van der Waals surface area contributed by atoms with Gasteiger partial charge in [0, 0.05) is 18.8 Å². The Morgan fingerprint density at radius 2 is 1.91 bits per heavy atom. The smallest absolute Gasteiger partial charge is 0.339 e. The van der Waals surface area contributed by atoms with Gasteiger partial charge < -0.3 is 5.11 Å². The molecule has 4 rings (SSSR count). The van der Waals surface area contributed by atoms with Gasteiger partial charge >= 0.3 is 5.97 Å². The van der Waals surface area contributed by atoms with Crippen LogP contribution in [0.3, 0.4) is 0 Å². The van der Waals surface area contributed by atoms with Gasteiger partial charge in [-0.1, -0.05) is 36.4 Å². The van der Waals surface area contributed by atoms with Crippen molar-refractivity contribution in [1.82, 2.24) is 9.78 Å². The van der Waals surface area contributed by atoms with Gasteiger partial charge in [0.1, 0.15) is 11.3 Å². The molecule has 22 heavy (non-hydrogen) atoms. The third-order valence-corrected chi connectivity index (χ3v) is 4.13. The van der Waals surface area contributed by atoms with Crippen molar-refractivity contribution in [2.24, 2.45) is 7.05 Å². The third-order valence-electron chi connectivity index (χ3n) is 4.13. The van der Waals surface area contributed by atoms with Gasteiger partial charge in [-0.05, 0) is 34.7 Å². The standard InChI is InChI=1S/C18H14N2O2/c1-20-10-16(18(21)22)17(19-20)13-7-6-12-8-11-4-2-3-5-14(11)15(12)9-13/h2-7,9-10H,8H2,1H3,(H,21,22). The molecule has 4 nitrogen and oxygen atoms in total. The van der Waals surface area contributed by atoms with Crippen LogP contribution in [0.15, 0.2) is 48.7 Å². The van der Waals surface area contributed by atoms with Crippen molar-refractivity contribution in [3.8, 4) is 22.4 Å². The lowest BCUT2D eigenvalue weighted by atomic mass is 10.00. The van der Waals surface area contributed by atoms with Crippen LogP contribution in [-0.4, -0.2) is 20.9 Å². The van der Waals surface area contributed by atoms with Crippen LogP contribution in [-0.2, 0) is 13.5 Å². The van der Waals surface area contributed by atoms with Crippen molar-refractivity contribution >= 4 is 5.97 Å². The molecule has 0 spiro atoms. The summed E-state index contributed by atoms with van der Waals surface area (Å²) in [7, 11) is 1.73. The maximum absolute atomic E-state index is 11.4. The summed E-state index contributed by atoms with van der Waals surface area (Å²) in [4.78, 5) is 11.4. The van der Waals surface area contributed by atoms with Crippen LogP contribution in [0.1, 0.15) is 21.5 Å². The molecule has 0 bridgehead atoms. The first-order chi connectivity index (χ1) is 10.6. The summed E-state index contributed by atoms with van der Waals surface area (Å²) in [5, 5.41) is 13.7. The fourth-order valence-corrected chi connectivity index (χ4v) is 3.13. The summed E-state index contributed by atoms with van der Waals surface area (Å²) in [5.74, 6) is -0.955. The summed E-state index contributed by atoms with van der Waals surface area (Å²) in [6.45, 7) is 0. The molecule has 1 heterocycles. The lowest BCUT2D eigenvalue weighted by molar-refractivity contribution is 0.0697. The summed E-state index contributed by atoms with van der Waals surface area (Å²) >= 11 is 0. The molecule has 0 unspecified atom stereocenters. The van der Waals surface area contributed by atoms with Crippen LogP contribution < -0.4 is 0 Å². The maximum Gasteiger partial charge on any atom is 0.339 e. The normalized spacial score (nSPS) is 12.0. The topological polar surface area (TPSA) is 55.1 Å². The molecule has 0 saturated heterocycles. The summed E-state index contributed by atoms with van der Waals surface area (Å²) < 4.78 is 1.54. The van der Waals surface area contributed by atoms with E-state index in [1.807, 2.05) is 18.2 Å². The second-order valence-corrected chi connectivity index (χ2v) is 5.58. The summed E-state index contributed by atoms with van der Waals surface area (Å²) in [5.41, 5.74) is 6.58. The number of benzene rings is 2. The third kappa shape index (κ3) is 1.84. The number of aromatic carboxylic acids is 1. The molecule has 1 aliphatic rings. The number of fused-ring (bicyclic) bond motifs is 3. The molecule has 1 aromatic heterocycles. The van der Waals surface area contributed by atoms with Gasteiger partial charge in [0.15, 0.2) is 0 Å². The molecular formula is C18H14N2O2. The first kappa shape index (κ1) is 12.8. The zero-order valence-electron chi connectivity index (χ0n) is 12.1. The second-order valence-electron chi connectivity index (χ2n) is 5.58. The minimum Gasteiger partial charge on any atom is -0.478 e. The molecule has 0 saturated carbocycles. The number of nitrogens with zero attached hydrogens (tertiary/aromatic N) is 2. The Morgan fingerprint density at radius 3 is 2.73 bits per heavy atom. The highest BCUT2D eigenvalue weighted by atomic mass is 16.4. The zero-order valence-corrected chi connectivity index (χ0v) is 12.1. The molecule has 0 fully saturated rings. The average molecular weight is 290 g/mol. The molecule has 108 valence electrons. The van der Waals surface area contributed by atoms with E-state index in [9.17, 15) is 9.90 Å². The Hall–Kier alpha value is -2.88. The molecule has 2 aromatic carbocycles. The van der Waals surface area contributed by atoms with Gasteiger partial charge in [0.2, 0.25) is 0 Å². The molecular weight excluding hydrogens is 276 g/mol. The van der Waals surface area contributed by atoms with Crippen LogP contribution in [0.4, 0.5) is 0 Å². The van der Waals surface area contributed by atoms with Crippen LogP contribution in [0, 0.1) is 0 Å². The van der Waals surface area contributed by atoms with E-state index in [1.165, 1.54) is 22.3 Å². The van der Waals surface area contributed by atoms with E-state index in [2.05, 4.69) is 29.4 Å². The van der Waals surface area contributed by atoms with Crippen LogP contribution in [0.25, 0.3) is 22.4 Å². The first-order valence-corrected chi connectivity index (χ1v) is 7.12. The number of aryl methyl sites for hydroxylation is 1. The maximum atomic E-state index is 11.4. The number of rotatable bonds is 2. The fraction of sp³-hybridized carbons (Fsp3) is 0.111. The molecule has 4 heteroatoms. The minimum absolute atomic E-state index is 0.230. The molecule has 1 N–H and O–H groups in total. The number of carboxylic acid groups (broad SMARTS) is 1. The van der Waals surface area contributed by atoms with Crippen LogP contribution in [0.2, 0.25) is 0 Å². The Morgan fingerprint density at radius 1 is 1.14 bits per heavy atom. The second kappa shape index (κ2) is 4.56. The Kier molecular flexibility index (Phi) is 2.66. The quantitative estimate of drug-likeness (QED) is 0.616. The number of carbonyl (C=O) groups is 1. The largest absolute Gasteiger partial charge is 0.478 e. The van der Waals surface area contributed by atoms with Gasteiger partial charge in [-0.2, -0.15) is 5.10 Å². The predicted molar refractivity (Wildman–Crippen MR) is 83.8 cm³/mol. The number of carboxylic acids is 1. The van der Waals surface area contributed by atoms with Gasteiger partial charge in [-0.15, -0.1) is 0 Å². The summed E-state index contributed by atoms with van der Waals surface area (Å²) in [6.07, 6.45) is 2.47. The zero-order chi connectivity index (χ0) is 15.3. The Balaban J connectivity index is 1.89. The Bertz CT molecular complexity index is 909. The van der Waals surface area contributed by atoms with Crippen molar-refractivity contribution in [2.75, 3.05) is 0 Å². The molecule has 0 amide bonds. The highest BCUT2D eigenvalue weighted by molar-refractivity contribution is 5.95. The Labute approximate surface area is 127 Å². The van der Waals surface area contributed by atoms with E-state index in [1.54, 1.807) is 17.9 Å². The minimum atomic E-state index is -0.955. The molecule has 3 aromatic rings. The van der Waals surface area contributed by atoms with E-state index in [-0.39, 0.29) is 5.56 Å². The predicted octanol–water partition coefficient (Wildman–Crippen LogP) is 3.36. The van der Waals surface area contributed by atoms with Gasteiger partial charge in [-0.3, -0.25) is 4.68 Å². The van der Waals surface area contributed by atoms with E-state index >= 15 is 0 Å². The van der Waals surface area contributed by atoms with Crippen LogP contribution in [0.5, 0.6) is 0 Å². The molecule has 0 radical (unpaired) electrons. The lowest BCUT2D eigenvalue weighted by Gasteiger charge is -2.05. The molecule has 0 aliphatic heterocycles. The SMILES string of the molecule is Cn1cc(C(=O)O)c(-c2ccc3c(c2)-c2ccccc2C3)n1. The lowest BCUT2D eigenvalue weighted by Crippen LogP contribution is -1.97. The van der Waals surface area contributed by atoms with Gasteiger partial charge in [-0.25, -0.2) is 4.79 Å². The monoisotopic (exact) mass is 290 g/mol. The number of hydrogen-bond donors (Lipinski definition) is 1. The summed E-state index contributed by atoms with van der Waals surface area (Å²) in [6, 6.07) is 14.4. The van der Waals surface area contributed by atoms with Crippen molar-refractivity contribution in [2.45, 2.75) is 6.42 Å². The van der Waals surface area contributed by atoms with E-state index in [0.29, 0.717) is 5.69 Å². The van der Waals surface area contributed by atoms with Crippen molar-refractivity contribution in [3.05, 3.63) is 65.4 Å². The highest BCUT2D eigenvalue weighted by Crippen LogP contribution is 2.38. The van der Waals surface area contributed by atoms with E-state index < -0.39 is 5.97 Å². The number of hydrogen-bond acceptors (Lipinski definition) is 2. The first-order valence-electron chi connectivity index (χ1n) is 7.12. The van der Waals surface area contributed by atoms with Crippen molar-refractivity contribution in [1.29, 1.82) is 0 Å². The molecule has 1 aliphatic carbocycles. The van der Waals surface area contributed by atoms with Crippen LogP contribution >= 0.6 is 0 Å². The van der Waals surface area contributed by atoms with Crippen molar-refractivity contribution in [3.63, 3.8) is 0 Å². The van der Waals surface area contributed by atoms with E-state index in [4.69, 9.17) is 0 Å². The van der Waals surface area contributed by atoms with E-state index in [0.717, 1.165) is 12.0 Å². The highest BCUT2D eigenvalue weighted by Gasteiger charge is 2.21. The number of aromatic nitrogens is 2. The molecule has 0 atom stereocenters. The van der Waals surface area contributed by atoms with Crippen molar-refractivity contribution < 1.29 is 9.90 Å². The average Bonchev–Trinajstić information content (AvgIpc) is 3.07. The fourth-order valence-electron chi connectivity index (χ4n) is 3.13.